The molecule has 0 aliphatic carbocycles. The van der Waals surface area contributed by atoms with E-state index in [2.05, 4.69) is 5.32 Å². The predicted molar refractivity (Wildman–Crippen MR) is 103 cm³/mol. The average molecular weight is 388 g/mol. The maximum Gasteiger partial charge on any atom is 0.336 e. The molecule has 1 aromatic heterocycles. The average Bonchev–Trinajstić information content (AvgIpc) is 2.60. The van der Waals surface area contributed by atoms with E-state index in [9.17, 15) is 19.5 Å². The lowest BCUT2D eigenvalue weighted by molar-refractivity contribution is -0.308. The molecule has 7 nitrogen and oxygen atoms in total. The number of nitrogens with one attached hydrogen (secondary N) is 1. The Labute approximate surface area is 163 Å². The zero-order chi connectivity index (χ0) is 20.8. The Morgan fingerprint density at radius 1 is 1.21 bits per heavy atom. The molecule has 152 valence electrons. The number of amides is 1. The molecule has 7 heteroatoms. The second kappa shape index (κ2) is 9.39. The van der Waals surface area contributed by atoms with Crippen molar-refractivity contribution in [1.29, 1.82) is 0 Å². The molecule has 0 saturated carbocycles. The second-order valence-electron chi connectivity index (χ2n) is 7.27. The Bertz CT molecular complexity index is 901. The highest BCUT2D eigenvalue weighted by atomic mass is 16.5. The van der Waals surface area contributed by atoms with Gasteiger partial charge in [0.05, 0.1) is 12.0 Å². The molecule has 2 atom stereocenters. The molecule has 0 bridgehead atoms. The summed E-state index contributed by atoms with van der Waals surface area (Å²) in [4.78, 5) is 35.3. The molecule has 28 heavy (non-hydrogen) atoms. The number of hydrogen-bond acceptors (Lipinski definition) is 6. The molecular formula is C21H26NO6-. The smallest absolute Gasteiger partial charge is 0.336 e. The third kappa shape index (κ3) is 5.58. The summed E-state index contributed by atoms with van der Waals surface area (Å²) in [5, 5.41) is 14.5. The van der Waals surface area contributed by atoms with Gasteiger partial charge in [0.1, 0.15) is 11.3 Å². The van der Waals surface area contributed by atoms with Crippen molar-refractivity contribution in [2.45, 2.75) is 59.1 Å². The molecule has 2 aromatic rings. The van der Waals surface area contributed by atoms with Gasteiger partial charge in [-0.05, 0) is 43.4 Å². The number of aliphatic carboxylic acids is 1. The summed E-state index contributed by atoms with van der Waals surface area (Å²) >= 11 is 0. The number of fused-ring (bicyclic) bond motifs is 1. The van der Waals surface area contributed by atoms with Crippen molar-refractivity contribution in [2.75, 3.05) is 0 Å². The lowest BCUT2D eigenvalue weighted by Gasteiger charge is -2.23. The Morgan fingerprint density at radius 3 is 2.54 bits per heavy atom. The van der Waals surface area contributed by atoms with E-state index in [1.54, 1.807) is 18.2 Å². The van der Waals surface area contributed by atoms with Crippen molar-refractivity contribution >= 4 is 22.8 Å². The maximum absolute atomic E-state index is 12.3. The molecule has 1 aromatic carbocycles. The first kappa shape index (κ1) is 21.5. The Hall–Kier alpha value is -2.83. The van der Waals surface area contributed by atoms with Crippen molar-refractivity contribution in [3.8, 4) is 5.75 Å². The van der Waals surface area contributed by atoms with Crippen LogP contribution in [-0.4, -0.2) is 24.0 Å². The number of aryl methyl sites for hydroxylation is 1. The van der Waals surface area contributed by atoms with E-state index < -0.39 is 29.6 Å². The molecule has 1 amide bonds. The summed E-state index contributed by atoms with van der Waals surface area (Å²) in [5.74, 6) is -1.46. The van der Waals surface area contributed by atoms with Gasteiger partial charge in [0.2, 0.25) is 0 Å². The zero-order valence-corrected chi connectivity index (χ0v) is 16.6. The van der Waals surface area contributed by atoms with E-state index in [1.165, 1.54) is 13.0 Å². The fourth-order valence-corrected chi connectivity index (χ4v) is 2.99. The van der Waals surface area contributed by atoms with Gasteiger partial charge in [-0.2, -0.15) is 0 Å². The molecule has 0 spiro atoms. The molecule has 1 heterocycles. The van der Waals surface area contributed by atoms with E-state index in [0.29, 0.717) is 11.3 Å². The molecule has 0 unspecified atom stereocenters. The molecule has 0 radical (unpaired) electrons. The Morgan fingerprint density at radius 2 is 1.93 bits per heavy atom. The van der Waals surface area contributed by atoms with Crippen molar-refractivity contribution in [2.24, 2.45) is 5.92 Å². The van der Waals surface area contributed by atoms with Crippen LogP contribution in [0.2, 0.25) is 0 Å². The summed E-state index contributed by atoms with van der Waals surface area (Å²) in [6.07, 6.45) is 0.977. The maximum atomic E-state index is 12.3. The van der Waals surface area contributed by atoms with Gasteiger partial charge >= 0.3 is 5.63 Å². The van der Waals surface area contributed by atoms with Crippen molar-refractivity contribution in [3.63, 3.8) is 0 Å². The van der Waals surface area contributed by atoms with Crippen LogP contribution in [-0.2, 0) is 16.0 Å². The number of ether oxygens (including phenoxy) is 1. The lowest BCUT2D eigenvalue weighted by atomic mass is 10.0. The molecule has 1 N–H and O–H groups in total. The van der Waals surface area contributed by atoms with Gasteiger partial charge in [-0.15, -0.1) is 0 Å². The lowest BCUT2D eigenvalue weighted by Crippen LogP contribution is -2.51. The quantitative estimate of drug-likeness (QED) is 0.656. The summed E-state index contributed by atoms with van der Waals surface area (Å²) in [6, 6.07) is 5.44. The van der Waals surface area contributed by atoms with Crippen LogP contribution in [0.15, 0.2) is 33.5 Å². The highest BCUT2D eigenvalue weighted by Crippen LogP contribution is 2.24. The Balaban J connectivity index is 2.15. The zero-order valence-electron chi connectivity index (χ0n) is 16.6. The van der Waals surface area contributed by atoms with E-state index in [0.717, 1.165) is 23.8 Å². The molecule has 0 fully saturated rings. The first-order valence-corrected chi connectivity index (χ1v) is 9.46. The number of carboxylic acid groups (broad SMARTS) is 1. The first-order chi connectivity index (χ1) is 13.2. The molecule has 0 aliphatic rings. The standard InChI is InChI=1S/C21H27NO6/c1-5-6-14-10-19(23)28-18-11-15(7-8-16(14)18)27-13(4)20(24)22-17(21(25)26)9-12(2)3/h7-8,10-13,17H,5-6,9H2,1-4H3,(H,22,24)(H,25,26)/p-1/t13-,17-/m0/s1. The number of carbonyl (C=O) groups excluding carboxylic acids is 2. The van der Waals surface area contributed by atoms with Gasteiger partial charge in [-0.25, -0.2) is 4.79 Å². The minimum absolute atomic E-state index is 0.0835. The predicted octanol–water partition coefficient (Wildman–Crippen LogP) is 1.79. The molecule has 0 saturated heterocycles. The van der Waals surface area contributed by atoms with Crippen molar-refractivity contribution < 1.29 is 23.8 Å². The van der Waals surface area contributed by atoms with E-state index in [-0.39, 0.29) is 12.3 Å². The van der Waals surface area contributed by atoms with Gasteiger partial charge in [0.15, 0.2) is 6.10 Å². The summed E-state index contributed by atoms with van der Waals surface area (Å²) in [5.41, 5.74) is 0.842. The van der Waals surface area contributed by atoms with Gasteiger partial charge in [-0.1, -0.05) is 27.2 Å². The SMILES string of the molecule is CCCc1cc(=O)oc2cc(O[C@@H](C)C(=O)N[C@@H](CC(C)C)C(=O)[O-])ccc12. The van der Waals surface area contributed by atoms with Crippen LogP contribution < -0.4 is 20.8 Å². The highest BCUT2D eigenvalue weighted by molar-refractivity contribution is 5.86. The molecule has 2 rings (SSSR count). The van der Waals surface area contributed by atoms with Crippen LogP contribution in [0.1, 0.15) is 46.1 Å². The molecule has 0 aliphatic heterocycles. The summed E-state index contributed by atoms with van der Waals surface area (Å²) < 4.78 is 10.9. The van der Waals surface area contributed by atoms with Gasteiger partial charge in [0.25, 0.3) is 5.91 Å². The number of hydrogen-bond donors (Lipinski definition) is 1. The Kier molecular flexibility index (Phi) is 7.20. The number of benzene rings is 1. The fourth-order valence-electron chi connectivity index (χ4n) is 2.99. The summed E-state index contributed by atoms with van der Waals surface area (Å²) in [7, 11) is 0. The fraction of sp³-hybridized carbons (Fsp3) is 0.476. The van der Waals surface area contributed by atoms with Gasteiger partial charge < -0.3 is 24.4 Å². The third-order valence-corrected chi connectivity index (χ3v) is 4.31. The van der Waals surface area contributed by atoms with Crippen molar-refractivity contribution in [3.05, 3.63) is 40.2 Å². The van der Waals surface area contributed by atoms with Crippen LogP contribution in [0.25, 0.3) is 11.0 Å². The second-order valence-corrected chi connectivity index (χ2v) is 7.27. The third-order valence-electron chi connectivity index (χ3n) is 4.31. The topological polar surface area (TPSA) is 109 Å². The van der Waals surface area contributed by atoms with Gasteiger partial charge in [-0.3, -0.25) is 4.79 Å². The molecular weight excluding hydrogens is 362 g/mol. The minimum Gasteiger partial charge on any atom is -0.548 e. The van der Waals surface area contributed by atoms with Crippen LogP contribution in [0.4, 0.5) is 0 Å². The van der Waals surface area contributed by atoms with Crippen LogP contribution in [0.3, 0.4) is 0 Å². The van der Waals surface area contributed by atoms with E-state index in [4.69, 9.17) is 9.15 Å². The van der Waals surface area contributed by atoms with E-state index in [1.807, 2.05) is 20.8 Å². The van der Waals surface area contributed by atoms with Crippen LogP contribution in [0.5, 0.6) is 5.75 Å². The summed E-state index contributed by atoms with van der Waals surface area (Å²) in [6.45, 7) is 7.26. The highest BCUT2D eigenvalue weighted by Gasteiger charge is 2.21. The van der Waals surface area contributed by atoms with Crippen molar-refractivity contribution in [1.82, 2.24) is 5.32 Å². The minimum atomic E-state index is -1.33. The van der Waals surface area contributed by atoms with Gasteiger partial charge in [0, 0.05) is 17.5 Å². The monoisotopic (exact) mass is 388 g/mol. The number of rotatable bonds is 9. The van der Waals surface area contributed by atoms with Crippen LogP contribution in [0, 0.1) is 5.92 Å². The number of carbonyl (C=O) groups is 2. The normalized spacial score (nSPS) is 13.3. The first-order valence-electron chi connectivity index (χ1n) is 9.46. The number of carboxylic acids is 1. The van der Waals surface area contributed by atoms with E-state index >= 15 is 0 Å². The van der Waals surface area contributed by atoms with Crippen LogP contribution >= 0.6 is 0 Å². The largest absolute Gasteiger partial charge is 0.548 e.